The minimum Gasteiger partial charge on any atom is -0.448 e. The van der Waals surface area contributed by atoms with Gasteiger partial charge in [0.2, 0.25) is 5.91 Å². The van der Waals surface area contributed by atoms with Crippen molar-refractivity contribution in [3.63, 3.8) is 0 Å². The molecule has 37 heavy (non-hydrogen) atoms. The van der Waals surface area contributed by atoms with Crippen molar-refractivity contribution >= 4 is 39.8 Å². The average Bonchev–Trinajstić information content (AvgIpc) is 2.93. The first kappa shape index (κ1) is 24.8. The Bertz CT molecular complexity index is 1360. The summed E-state index contributed by atoms with van der Waals surface area (Å²) in [5, 5.41) is 6.12. The van der Waals surface area contributed by atoms with Gasteiger partial charge in [0.05, 0.1) is 11.1 Å². The standard InChI is InChI=1S/C27H30FN5O4/c1-2-25(35)33-13-11-31(12-14-33)20-5-3-19(4-6-20)30-27(36)24-17-23(34)21-15-18(28)16-22(26(21)37-24)32-9-7-29-8-10-32/h3-6,15-17,29H,2,7-14H2,1H3,(H,30,36). The molecule has 194 valence electrons. The second-order valence-electron chi connectivity index (χ2n) is 9.24. The van der Waals surface area contributed by atoms with E-state index in [1.165, 1.54) is 6.07 Å². The molecule has 3 heterocycles. The van der Waals surface area contributed by atoms with Gasteiger partial charge >= 0.3 is 0 Å². The summed E-state index contributed by atoms with van der Waals surface area (Å²) in [6.07, 6.45) is 0.514. The summed E-state index contributed by atoms with van der Waals surface area (Å²) in [6.45, 7) is 7.46. The number of nitrogens with zero attached hydrogens (tertiary/aromatic N) is 3. The zero-order chi connectivity index (χ0) is 25.9. The van der Waals surface area contributed by atoms with Crippen molar-refractivity contribution in [1.29, 1.82) is 0 Å². The van der Waals surface area contributed by atoms with Gasteiger partial charge in [0, 0.05) is 82.3 Å². The number of benzene rings is 2. The number of halogens is 1. The topological polar surface area (TPSA) is 98.1 Å². The molecule has 5 rings (SSSR count). The van der Waals surface area contributed by atoms with Crippen LogP contribution in [0.5, 0.6) is 0 Å². The Morgan fingerprint density at radius 3 is 2.35 bits per heavy atom. The van der Waals surface area contributed by atoms with E-state index in [-0.39, 0.29) is 22.6 Å². The lowest BCUT2D eigenvalue weighted by Gasteiger charge is -2.36. The van der Waals surface area contributed by atoms with E-state index in [0.29, 0.717) is 44.0 Å². The molecule has 0 spiro atoms. The van der Waals surface area contributed by atoms with Gasteiger partial charge in [-0.15, -0.1) is 0 Å². The van der Waals surface area contributed by atoms with Crippen molar-refractivity contribution in [2.45, 2.75) is 13.3 Å². The summed E-state index contributed by atoms with van der Waals surface area (Å²) < 4.78 is 20.2. The third-order valence-electron chi connectivity index (χ3n) is 6.88. The highest BCUT2D eigenvalue weighted by Gasteiger charge is 2.22. The van der Waals surface area contributed by atoms with E-state index in [9.17, 15) is 18.8 Å². The first-order chi connectivity index (χ1) is 17.9. The second kappa shape index (κ2) is 10.6. The molecule has 2 aromatic carbocycles. The number of rotatable bonds is 5. The fraction of sp³-hybridized carbons (Fsp3) is 0.370. The van der Waals surface area contributed by atoms with E-state index >= 15 is 0 Å². The van der Waals surface area contributed by atoms with Gasteiger partial charge in [0.1, 0.15) is 5.82 Å². The zero-order valence-corrected chi connectivity index (χ0v) is 20.8. The van der Waals surface area contributed by atoms with Gasteiger partial charge in [-0.05, 0) is 30.3 Å². The van der Waals surface area contributed by atoms with Crippen molar-refractivity contribution in [2.24, 2.45) is 0 Å². The highest BCUT2D eigenvalue weighted by molar-refractivity contribution is 6.03. The molecule has 2 saturated heterocycles. The maximum Gasteiger partial charge on any atom is 0.291 e. The van der Waals surface area contributed by atoms with Crippen LogP contribution in [0, 0.1) is 5.82 Å². The molecule has 9 nitrogen and oxygen atoms in total. The van der Waals surface area contributed by atoms with Crippen LogP contribution in [0.2, 0.25) is 0 Å². The van der Waals surface area contributed by atoms with Gasteiger partial charge < -0.3 is 29.8 Å². The second-order valence-corrected chi connectivity index (χ2v) is 9.24. The van der Waals surface area contributed by atoms with Crippen molar-refractivity contribution in [1.82, 2.24) is 10.2 Å². The lowest BCUT2D eigenvalue weighted by Crippen LogP contribution is -2.48. The minimum absolute atomic E-state index is 0.107. The Hall–Kier alpha value is -3.92. The van der Waals surface area contributed by atoms with Gasteiger partial charge in [0.15, 0.2) is 16.8 Å². The molecule has 2 fully saturated rings. The number of fused-ring (bicyclic) bond motifs is 1. The Balaban J connectivity index is 1.32. The number of carbonyl (C=O) groups excluding carboxylic acids is 2. The minimum atomic E-state index is -0.561. The number of anilines is 3. The molecule has 0 bridgehead atoms. The average molecular weight is 508 g/mol. The number of carbonyl (C=O) groups is 2. The van der Waals surface area contributed by atoms with Gasteiger partial charge in [-0.3, -0.25) is 14.4 Å². The molecular formula is C27H30FN5O4. The van der Waals surface area contributed by atoms with E-state index in [1.54, 1.807) is 12.1 Å². The number of hydrogen-bond donors (Lipinski definition) is 2. The monoisotopic (exact) mass is 507 g/mol. The van der Waals surface area contributed by atoms with Gasteiger partial charge in [-0.25, -0.2) is 4.39 Å². The molecule has 10 heteroatoms. The van der Waals surface area contributed by atoms with Crippen LogP contribution in [0.15, 0.2) is 51.7 Å². The Morgan fingerprint density at radius 2 is 1.68 bits per heavy atom. The fourth-order valence-corrected chi connectivity index (χ4v) is 4.84. The van der Waals surface area contributed by atoms with Crippen LogP contribution in [-0.2, 0) is 4.79 Å². The summed E-state index contributed by atoms with van der Waals surface area (Å²) in [6, 6.07) is 11.0. The summed E-state index contributed by atoms with van der Waals surface area (Å²) >= 11 is 0. The van der Waals surface area contributed by atoms with E-state index in [2.05, 4.69) is 15.5 Å². The quantitative estimate of drug-likeness (QED) is 0.548. The molecule has 0 radical (unpaired) electrons. The number of hydrogen-bond acceptors (Lipinski definition) is 7. The highest BCUT2D eigenvalue weighted by Crippen LogP contribution is 2.28. The van der Waals surface area contributed by atoms with Gasteiger partial charge in [-0.1, -0.05) is 6.92 Å². The molecule has 2 amide bonds. The summed E-state index contributed by atoms with van der Waals surface area (Å²) in [5.41, 5.74) is 1.75. The van der Waals surface area contributed by atoms with Crippen molar-refractivity contribution < 1.29 is 18.4 Å². The van der Waals surface area contributed by atoms with Crippen LogP contribution < -0.4 is 25.9 Å². The molecule has 0 atom stereocenters. The molecule has 2 aliphatic heterocycles. The lowest BCUT2D eigenvalue weighted by atomic mass is 10.1. The molecule has 0 saturated carbocycles. The van der Waals surface area contributed by atoms with Crippen LogP contribution in [0.3, 0.4) is 0 Å². The molecule has 3 aromatic rings. The van der Waals surface area contributed by atoms with Crippen LogP contribution in [0.25, 0.3) is 11.0 Å². The van der Waals surface area contributed by atoms with Gasteiger partial charge in [-0.2, -0.15) is 0 Å². The van der Waals surface area contributed by atoms with E-state index in [0.717, 1.165) is 44.0 Å². The van der Waals surface area contributed by atoms with E-state index < -0.39 is 17.2 Å². The largest absolute Gasteiger partial charge is 0.448 e. The first-order valence-corrected chi connectivity index (χ1v) is 12.6. The number of piperazine rings is 2. The molecule has 0 unspecified atom stereocenters. The predicted molar refractivity (Wildman–Crippen MR) is 141 cm³/mol. The molecule has 1 aromatic heterocycles. The molecule has 2 aliphatic rings. The van der Waals surface area contributed by atoms with E-state index in [1.807, 2.05) is 28.9 Å². The summed E-state index contributed by atoms with van der Waals surface area (Å²) in [5.74, 6) is -1.05. The molecule has 2 N–H and O–H groups in total. The Labute approximate surface area is 213 Å². The summed E-state index contributed by atoms with van der Waals surface area (Å²) in [7, 11) is 0. The van der Waals surface area contributed by atoms with Crippen LogP contribution in [0.4, 0.5) is 21.5 Å². The third-order valence-corrected chi connectivity index (χ3v) is 6.88. The molecule has 0 aliphatic carbocycles. The summed E-state index contributed by atoms with van der Waals surface area (Å²) in [4.78, 5) is 43.7. The predicted octanol–water partition coefficient (Wildman–Crippen LogP) is 2.65. The Morgan fingerprint density at radius 1 is 0.973 bits per heavy atom. The van der Waals surface area contributed by atoms with Crippen molar-refractivity contribution in [3.05, 3.63) is 64.3 Å². The first-order valence-electron chi connectivity index (χ1n) is 12.6. The zero-order valence-electron chi connectivity index (χ0n) is 20.8. The Kier molecular flexibility index (Phi) is 7.09. The maximum atomic E-state index is 14.3. The van der Waals surface area contributed by atoms with Crippen molar-refractivity contribution in [3.8, 4) is 0 Å². The molecular weight excluding hydrogens is 477 g/mol. The van der Waals surface area contributed by atoms with E-state index in [4.69, 9.17) is 4.42 Å². The maximum absolute atomic E-state index is 14.3. The van der Waals surface area contributed by atoms with Gasteiger partial charge in [0.25, 0.3) is 5.91 Å². The number of nitrogens with one attached hydrogen (secondary N) is 2. The van der Waals surface area contributed by atoms with Crippen LogP contribution in [0.1, 0.15) is 23.9 Å². The third kappa shape index (κ3) is 5.29. The fourth-order valence-electron chi connectivity index (χ4n) is 4.84. The smallest absolute Gasteiger partial charge is 0.291 e. The number of amides is 2. The van der Waals surface area contributed by atoms with Crippen LogP contribution >= 0.6 is 0 Å². The lowest BCUT2D eigenvalue weighted by molar-refractivity contribution is -0.131. The normalized spacial score (nSPS) is 16.2. The SMILES string of the molecule is CCC(=O)N1CCN(c2ccc(NC(=O)c3cc(=O)c4cc(F)cc(N5CCNCC5)c4o3)cc2)CC1. The van der Waals surface area contributed by atoms with Crippen LogP contribution in [-0.4, -0.2) is 69.1 Å². The van der Waals surface area contributed by atoms with Crippen molar-refractivity contribution in [2.75, 3.05) is 67.5 Å². The highest BCUT2D eigenvalue weighted by atomic mass is 19.1.